The van der Waals surface area contributed by atoms with Crippen molar-refractivity contribution in [1.29, 1.82) is 0 Å². The summed E-state index contributed by atoms with van der Waals surface area (Å²) in [6.45, 7) is 0.611. The molecule has 3 rings (SSSR count). The topological polar surface area (TPSA) is 100 Å². The summed E-state index contributed by atoms with van der Waals surface area (Å²) in [5.41, 5.74) is 6.40. The Hall–Kier alpha value is -3.43. The molecule has 0 atom stereocenters. The number of hydrogen-bond donors (Lipinski definition) is 2. The van der Waals surface area contributed by atoms with Crippen LogP contribution in [0.25, 0.3) is 5.82 Å². The average molecular weight is 376 g/mol. The first-order valence-corrected chi connectivity index (χ1v) is 8.09. The third-order valence-corrected chi connectivity index (χ3v) is 3.28. The molecule has 0 aliphatic rings. The molecule has 8 nitrogen and oxygen atoms in total. The molecule has 0 unspecified atom stereocenters. The molecule has 27 heavy (non-hydrogen) atoms. The van der Waals surface area contributed by atoms with E-state index in [0.717, 1.165) is 0 Å². The van der Waals surface area contributed by atoms with Gasteiger partial charge in [0.2, 0.25) is 11.9 Å². The highest BCUT2D eigenvalue weighted by atomic mass is 19.3. The van der Waals surface area contributed by atoms with Gasteiger partial charge in [0.05, 0.1) is 6.10 Å². The number of ether oxygens (including phenoxy) is 2. The van der Waals surface area contributed by atoms with E-state index in [9.17, 15) is 8.78 Å². The third kappa shape index (κ3) is 4.60. The van der Waals surface area contributed by atoms with Crippen molar-refractivity contribution in [3.8, 4) is 17.3 Å². The van der Waals surface area contributed by atoms with E-state index in [1.165, 1.54) is 16.8 Å². The number of benzene rings is 1. The van der Waals surface area contributed by atoms with E-state index in [1.807, 2.05) is 0 Å². The summed E-state index contributed by atoms with van der Waals surface area (Å²) in [6.07, 6.45) is 1.39. The fourth-order valence-electron chi connectivity index (χ4n) is 2.28. The van der Waals surface area contributed by atoms with Gasteiger partial charge in [0, 0.05) is 18.0 Å². The zero-order valence-electron chi connectivity index (χ0n) is 14.6. The maximum Gasteiger partial charge on any atom is 0.387 e. The number of aromatic nitrogens is 4. The molecule has 0 saturated carbocycles. The number of nitrogens with zero attached hydrogens (tertiary/aromatic N) is 4. The average Bonchev–Trinajstić information content (AvgIpc) is 2.97. The van der Waals surface area contributed by atoms with Gasteiger partial charge in [-0.15, -0.1) is 5.10 Å². The van der Waals surface area contributed by atoms with Gasteiger partial charge in [0.25, 0.3) is 0 Å². The third-order valence-electron chi connectivity index (χ3n) is 3.28. The zero-order chi connectivity index (χ0) is 19.4. The van der Waals surface area contributed by atoms with Crippen LogP contribution in [-0.2, 0) is 0 Å². The van der Waals surface area contributed by atoms with Crippen LogP contribution in [0.15, 0.2) is 42.6 Å². The Morgan fingerprint density at radius 3 is 2.59 bits per heavy atom. The van der Waals surface area contributed by atoms with E-state index in [2.05, 4.69) is 25.1 Å². The molecule has 0 radical (unpaired) electrons. The first-order valence-electron chi connectivity index (χ1n) is 8.09. The molecule has 142 valence electrons. The summed E-state index contributed by atoms with van der Waals surface area (Å²) in [4.78, 5) is 8.29. The van der Waals surface area contributed by atoms with Crippen LogP contribution in [-0.4, -0.2) is 32.5 Å². The van der Waals surface area contributed by atoms with E-state index in [0.29, 0.717) is 11.5 Å². The minimum atomic E-state index is -2.95. The molecule has 0 bridgehead atoms. The summed E-state index contributed by atoms with van der Waals surface area (Å²) in [5.74, 6) is 0.993. The highest BCUT2D eigenvalue weighted by Gasteiger charge is 2.15. The molecule has 0 aliphatic heterocycles. The number of rotatable bonds is 7. The fraction of sp³-hybridized carbons (Fsp3) is 0.235. The predicted molar refractivity (Wildman–Crippen MR) is 95.7 cm³/mol. The second-order valence-corrected chi connectivity index (χ2v) is 5.72. The van der Waals surface area contributed by atoms with Crippen molar-refractivity contribution in [3.05, 3.63) is 42.6 Å². The van der Waals surface area contributed by atoms with Crippen molar-refractivity contribution in [1.82, 2.24) is 19.7 Å². The van der Waals surface area contributed by atoms with Crippen molar-refractivity contribution in [2.75, 3.05) is 11.1 Å². The molecule has 0 saturated heterocycles. The number of nitrogens with one attached hydrogen (secondary N) is 1. The van der Waals surface area contributed by atoms with Crippen LogP contribution in [0.4, 0.5) is 26.4 Å². The Morgan fingerprint density at radius 1 is 1.11 bits per heavy atom. The second-order valence-electron chi connectivity index (χ2n) is 5.72. The molecule has 3 aromatic rings. The molecule has 0 amide bonds. The number of hydrogen-bond acceptors (Lipinski definition) is 7. The summed E-state index contributed by atoms with van der Waals surface area (Å²) in [6, 6.07) is 9.76. The Labute approximate surface area is 153 Å². The van der Waals surface area contributed by atoms with Gasteiger partial charge < -0.3 is 20.5 Å². The van der Waals surface area contributed by atoms with Crippen LogP contribution in [0, 0.1) is 0 Å². The summed E-state index contributed by atoms with van der Waals surface area (Å²) >= 11 is 0. The van der Waals surface area contributed by atoms with Crippen LogP contribution in [0.5, 0.6) is 11.5 Å². The quantitative estimate of drug-likeness (QED) is 0.652. The predicted octanol–water partition coefficient (Wildman–Crippen LogP) is 3.38. The molecule has 2 heterocycles. The molecular formula is C17H18F2N6O2. The van der Waals surface area contributed by atoms with Crippen LogP contribution in [0.1, 0.15) is 13.8 Å². The molecule has 3 N–H and O–H groups in total. The molecule has 0 aliphatic carbocycles. The minimum Gasteiger partial charge on any atom is -0.487 e. The van der Waals surface area contributed by atoms with Gasteiger partial charge in [0.1, 0.15) is 0 Å². The van der Waals surface area contributed by atoms with Gasteiger partial charge in [-0.2, -0.15) is 18.4 Å². The Kier molecular flexibility index (Phi) is 5.34. The number of alkyl halides is 2. The number of halogens is 2. The van der Waals surface area contributed by atoms with Crippen molar-refractivity contribution in [2.24, 2.45) is 0 Å². The van der Waals surface area contributed by atoms with Gasteiger partial charge in [-0.1, -0.05) is 6.07 Å². The largest absolute Gasteiger partial charge is 0.487 e. The van der Waals surface area contributed by atoms with Gasteiger partial charge >= 0.3 is 6.61 Å². The SMILES string of the molecule is CC(C)Oc1cc(Nc2nc(N)n(-c3ccccn3)n2)ccc1OC(F)F. The summed E-state index contributed by atoms with van der Waals surface area (Å²) in [7, 11) is 0. The second kappa shape index (κ2) is 7.85. The lowest BCUT2D eigenvalue weighted by molar-refractivity contribution is -0.0518. The van der Waals surface area contributed by atoms with E-state index in [1.54, 1.807) is 44.3 Å². The maximum atomic E-state index is 12.6. The molecule has 1 aromatic carbocycles. The van der Waals surface area contributed by atoms with Crippen molar-refractivity contribution in [3.63, 3.8) is 0 Å². The lowest BCUT2D eigenvalue weighted by Crippen LogP contribution is -2.09. The minimum absolute atomic E-state index is 0.0595. The molecule has 10 heteroatoms. The number of nitrogens with two attached hydrogens (primary N) is 1. The number of anilines is 3. The Bertz CT molecular complexity index is 902. The molecule has 0 spiro atoms. The fourth-order valence-corrected chi connectivity index (χ4v) is 2.28. The normalized spacial score (nSPS) is 11.0. The van der Waals surface area contributed by atoms with Crippen molar-refractivity contribution >= 4 is 17.6 Å². The maximum absolute atomic E-state index is 12.6. The number of nitrogen functional groups attached to an aromatic ring is 1. The first-order chi connectivity index (χ1) is 12.9. The summed E-state index contributed by atoms with van der Waals surface area (Å²) in [5, 5.41) is 7.21. The number of pyridine rings is 1. The van der Waals surface area contributed by atoms with Crippen LogP contribution in [0.2, 0.25) is 0 Å². The summed E-state index contributed by atoms with van der Waals surface area (Å²) < 4.78 is 36.5. The molecule has 0 fully saturated rings. The van der Waals surface area contributed by atoms with E-state index >= 15 is 0 Å². The Balaban J connectivity index is 1.85. The van der Waals surface area contributed by atoms with Gasteiger partial charge in [0.15, 0.2) is 17.3 Å². The van der Waals surface area contributed by atoms with Gasteiger partial charge in [-0.25, -0.2) is 4.98 Å². The smallest absolute Gasteiger partial charge is 0.387 e. The van der Waals surface area contributed by atoms with Gasteiger partial charge in [-0.05, 0) is 38.1 Å². The molecule has 2 aromatic heterocycles. The lowest BCUT2D eigenvalue weighted by atomic mass is 10.2. The highest BCUT2D eigenvalue weighted by Crippen LogP contribution is 2.33. The van der Waals surface area contributed by atoms with Crippen molar-refractivity contribution < 1.29 is 18.3 Å². The zero-order valence-corrected chi connectivity index (χ0v) is 14.6. The van der Waals surface area contributed by atoms with E-state index in [4.69, 9.17) is 10.5 Å². The van der Waals surface area contributed by atoms with Crippen LogP contribution < -0.4 is 20.5 Å². The Morgan fingerprint density at radius 2 is 1.93 bits per heavy atom. The van der Waals surface area contributed by atoms with Crippen molar-refractivity contribution in [2.45, 2.75) is 26.6 Å². The van der Waals surface area contributed by atoms with E-state index < -0.39 is 6.61 Å². The van der Waals surface area contributed by atoms with Crippen LogP contribution >= 0.6 is 0 Å². The monoisotopic (exact) mass is 376 g/mol. The lowest BCUT2D eigenvalue weighted by Gasteiger charge is -2.15. The highest BCUT2D eigenvalue weighted by molar-refractivity contribution is 5.60. The van der Waals surface area contributed by atoms with Crippen LogP contribution in [0.3, 0.4) is 0 Å². The first kappa shape index (κ1) is 18.4. The standard InChI is InChI=1S/C17H18F2N6O2/c1-10(2)26-13-9-11(6-7-12(13)27-15(18)19)22-17-23-16(20)25(24-17)14-5-3-4-8-21-14/h3-10,15H,1-2H3,(H3,20,22,23,24). The van der Waals surface area contributed by atoms with Gasteiger partial charge in [-0.3, -0.25) is 0 Å². The molecular weight excluding hydrogens is 358 g/mol. The van der Waals surface area contributed by atoms with E-state index in [-0.39, 0.29) is 29.5 Å².